The molecule has 2 aromatic rings. The maximum atomic E-state index is 13.9. The quantitative estimate of drug-likeness (QED) is 0.812. The summed E-state index contributed by atoms with van der Waals surface area (Å²) >= 11 is 0. The highest BCUT2D eigenvalue weighted by molar-refractivity contribution is 5.81. The number of piperidine rings is 3. The van der Waals surface area contributed by atoms with E-state index in [1.165, 1.54) is 6.07 Å². The number of aryl methyl sites for hydroxylation is 1. The highest BCUT2D eigenvalue weighted by atomic mass is 19.1. The Kier molecular flexibility index (Phi) is 5.12. The van der Waals surface area contributed by atoms with Crippen LogP contribution in [0, 0.1) is 18.7 Å². The van der Waals surface area contributed by atoms with E-state index >= 15 is 0 Å². The number of nitrogens with zero attached hydrogens (tertiary/aromatic N) is 1. The number of hydrogen-bond donors (Lipinski definition) is 1. The Labute approximate surface area is 159 Å². The van der Waals surface area contributed by atoms with Crippen LogP contribution in [0.3, 0.4) is 0 Å². The SMILES string of the molecule is Cc1ccc(N[C@@H](C(=O)O[C@H]2CN3CCC2CC3)c2ccccc2)cc1F. The molecule has 142 valence electrons. The summed E-state index contributed by atoms with van der Waals surface area (Å²) in [6.45, 7) is 4.73. The van der Waals surface area contributed by atoms with Crippen LogP contribution in [0.2, 0.25) is 0 Å². The topological polar surface area (TPSA) is 41.6 Å². The van der Waals surface area contributed by atoms with Crippen LogP contribution in [-0.2, 0) is 9.53 Å². The Morgan fingerprint density at radius 3 is 2.56 bits per heavy atom. The molecule has 3 fully saturated rings. The molecule has 2 aromatic carbocycles. The Morgan fingerprint density at radius 1 is 1.19 bits per heavy atom. The third-order valence-corrected chi connectivity index (χ3v) is 5.72. The number of hydrogen-bond acceptors (Lipinski definition) is 4. The molecule has 0 spiro atoms. The fraction of sp³-hybridized carbons (Fsp3) is 0.409. The van der Waals surface area contributed by atoms with E-state index in [1.807, 2.05) is 30.3 Å². The number of fused-ring (bicyclic) bond motifs is 3. The molecule has 3 aliphatic rings. The van der Waals surface area contributed by atoms with Crippen molar-refractivity contribution in [1.82, 2.24) is 4.90 Å². The minimum atomic E-state index is -0.663. The van der Waals surface area contributed by atoms with Crippen LogP contribution in [0.25, 0.3) is 0 Å². The van der Waals surface area contributed by atoms with E-state index in [1.54, 1.807) is 19.1 Å². The Morgan fingerprint density at radius 2 is 1.93 bits per heavy atom. The molecule has 0 aliphatic carbocycles. The van der Waals surface area contributed by atoms with Gasteiger partial charge < -0.3 is 10.1 Å². The number of nitrogens with one attached hydrogen (secondary N) is 1. The lowest BCUT2D eigenvalue weighted by Gasteiger charge is -2.44. The summed E-state index contributed by atoms with van der Waals surface area (Å²) in [6, 6.07) is 13.7. The first kappa shape index (κ1) is 18.0. The maximum Gasteiger partial charge on any atom is 0.333 e. The molecule has 0 aromatic heterocycles. The molecule has 5 heteroatoms. The molecular formula is C22H25FN2O2. The van der Waals surface area contributed by atoms with Crippen LogP contribution >= 0.6 is 0 Å². The smallest absolute Gasteiger partial charge is 0.333 e. The molecule has 27 heavy (non-hydrogen) atoms. The number of carbonyl (C=O) groups is 1. The van der Waals surface area contributed by atoms with Gasteiger partial charge in [-0.1, -0.05) is 36.4 Å². The van der Waals surface area contributed by atoms with Gasteiger partial charge in [0, 0.05) is 12.2 Å². The number of esters is 1. The molecule has 4 nitrogen and oxygen atoms in total. The van der Waals surface area contributed by atoms with Gasteiger partial charge in [-0.3, -0.25) is 4.90 Å². The summed E-state index contributed by atoms with van der Waals surface area (Å²) in [4.78, 5) is 15.4. The van der Waals surface area contributed by atoms with Crippen molar-refractivity contribution in [2.75, 3.05) is 25.0 Å². The molecule has 5 rings (SSSR count). The average molecular weight is 368 g/mol. The van der Waals surface area contributed by atoms with Crippen LogP contribution in [-0.4, -0.2) is 36.6 Å². The lowest BCUT2D eigenvalue weighted by molar-refractivity contribution is -0.159. The van der Waals surface area contributed by atoms with Crippen LogP contribution in [0.15, 0.2) is 48.5 Å². The van der Waals surface area contributed by atoms with E-state index in [0.717, 1.165) is 38.0 Å². The first-order valence-corrected chi connectivity index (χ1v) is 9.60. The van der Waals surface area contributed by atoms with Gasteiger partial charge >= 0.3 is 5.97 Å². The van der Waals surface area contributed by atoms with Crippen molar-refractivity contribution in [3.63, 3.8) is 0 Å². The second kappa shape index (κ2) is 7.69. The van der Waals surface area contributed by atoms with Gasteiger partial charge in [0.15, 0.2) is 6.04 Å². The van der Waals surface area contributed by atoms with Crippen molar-refractivity contribution in [1.29, 1.82) is 0 Å². The fourth-order valence-electron chi connectivity index (χ4n) is 4.03. The largest absolute Gasteiger partial charge is 0.459 e. The predicted molar refractivity (Wildman–Crippen MR) is 103 cm³/mol. The zero-order valence-corrected chi connectivity index (χ0v) is 15.5. The molecule has 1 N–H and O–H groups in total. The molecule has 0 amide bonds. The summed E-state index contributed by atoms with van der Waals surface area (Å²) in [6.07, 6.45) is 2.12. The van der Waals surface area contributed by atoms with Gasteiger partial charge in [0.2, 0.25) is 0 Å². The van der Waals surface area contributed by atoms with Gasteiger partial charge in [-0.15, -0.1) is 0 Å². The Balaban J connectivity index is 1.54. The standard InChI is InChI=1S/C22H25FN2O2/c1-15-7-8-18(13-19(15)23)24-21(17-5-3-2-4-6-17)22(26)27-20-14-25-11-9-16(20)10-12-25/h2-8,13,16,20-21,24H,9-12,14H2,1H3/t20-,21+/m0/s1. The summed E-state index contributed by atoms with van der Waals surface area (Å²) in [7, 11) is 0. The van der Waals surface area contributed by atoms with E-state index < -0.39 is 6.04 Å². The highest BCUT2D eigenvalue weighted by Gasteiger charge is 2.37. The summed E-state index contributed by atoms with van der Waals surface area (Å²) in [5, 5.41) is 3.17. The van der Waals surface area contributed by atoms with Gasteiger partial charge in [0.05, 0.1) is 0 Å². The Hall–Kier alpha value is -2.40. The summed E-state index contributed by atoms with van der Waals surface area (Å²) < 4.78 is 19.9. The minimum absolute atomic E-state index is 0.0530. The molecule has 3 saturated heterocycles. The van der Waals surface area contributed by atoms with Crippen molar-refractivity contribution < 1.29 is 13.9 Å². The van der Waals surface area contributed by atoms with Crippen molar-refractivity contribution in [2.45, 2.75) is 31.9 Å². The van der Waals surface area contributed by atoms with Gasteiger partial charge in [-0.05, 0) is 62.0 Å². The fourth-order valence-corrected chi connectivity index (χ4v) is 4.03. The molecule has 0 saturated carbocycles. The second-order valence-corrected chi connectivity index (χ2v) is 7.57. The van der Waals surface area contributed by atoms with E-state index in [-0.39, 0.29) is 17.9 Å². The predicted octanol–water partition coefficient (Wildman–Crippen LogP) is 3.92. The van der Waals surface area contributed by atoms with Gasteiger partial charge in [-0.2, -0.15) is 0 Å². The number of carbonyl (C=O) groups excluding carboxylic acids is 1. The monoisotopic (exact) mass is 368 g/mol. The van der Waals surface area contributed by atoms with Gasteiger partial charge in [-0.25, -0.2) is 9.18 Å². The summed E-state index contributed by atoms with van der Waals surface area (Å²) in [5.74, 6) is -0.148. The molecule has 0 radical (unpaired) electrons. The van der Waals surface area contributed by atoms with Gasteiger partial charge in [0.25, 0.3) is 0 Å². The number of rotatable bonds is 5. The second-order valence-electron chi connectivity index (χ2n) is 7.57. The van der Waals surface area contributed by atoms with Crippen molar-refractivity contribution >= 4 is 11.7 Å². The zero-order valence-electron chi connectivity index (χ0n) is 15.5. The number of benzene rings is 2. The van der Waals surface area contributed by atoms with Crippen LogP contribution in [0.5, 0.6) is 0 Å². The highest BCUT2D eigenvalue weighted by Crippen LogP contribution is 2.31. The normalized spacial score (nSPS) is 25.0. The number of anilines is 1. The zero-order chi connectivity index (χ0) is 18.8. The van der Waals surface area contributed by atoms with Crippen LogP contribution < -0.4 is 5.32 Å². The average Bonchev–Trinajstić information content (AvgIpc) is 2.70. The lowest BCUT2D eigenvalue weighted by Crippen LogP contribution is -2.52. The molecular weight excluding hydrogens is 343 g/mol. The van der Waals surface area contributed by atoms with Crippen molar-refractivity contribution in [2.24, 2.45) is 5.92 Å². The van der Waals surface area contributed by atoms with Crippen molar-refractivity contribution in [3.05, 3.63) is 65.5 Å². The number of ether oxygens (including phenoxy) is 1. The van der Waals surface area contributed by atoms with Crippen LogP contribution in [0.1, 0.15) is 30.0 Å². The van der Waals surface area contributed by atoms with E-state index in [9.17, 15) is 9.18 Å². The maximum absolute atomic E-state index is 13.9. The van der Waals surface area contributed by atoms with Gasteiger partial charge in [0.1, 0.15) is 11.9 Å². The lowest BCUT2D eigenvalue weighted by atomic mass is 9.86. The minimum Gasteiger partial charge on any atom is -0.459 e. The first-order valence-electron chi connectivity index (χ1n) is 9.60. The summed E-state index contributed by atoms with van der Waals surface area (Å²) in [5.41, 5.74) is 1.95. The van der Waals surface area contributed by atoms with Crippen molar-refractivity contribution in [3.8, 4) is 0 Å². The third-order valence-electron chi connectivity index (χ3n) is 5.72. The molecule has 2 bridgehead atoms. The number of halogens is 1. The molecule has 2 atom stereocenters. The Bertz CT molecular complexity index is 803. The molecule has 3 heterocycles. The first-order chi connectivity index (χ1) is 13.1. The molecule has 3 aliphatic heterocycles. The molecule has 0 unspecified atom stereocenters. The van der Waals surface area contributed by atoms with E-state index in [4.69, 9.17) is 4.74 Å². The van der Waals surface area contributed by atoms with E-state index in [2.05, 4.69) is 10.2 Å². The van der Waals surface area contributed by atoms with Crippen LogP contribution in [0.4, 0.5) is 10.1 Å². The van der Waals surface area contributed by atoms with E-state index in [0.29, 0.717) is 17.2 Å². The third kappa shape index (κ3) is 3.98.